The van der Waals surface area contributed by atoms with E-state index in [1.54, 1.807) is 0 Å². The van der Waals surface area contributed by atoms with Crippen molar-refractivity contribution in [3.63, 3.8) is 0 Å². The second-order valence-electron chi connectivity index (χ2n) is 4.93. The average Bonchev–Trinajstić information content (AvgIpc) is 2.24. The normalized spacial score (nSPS) is 14.2. The highest BCUT2D eigenvalue weighted by atomic mass is 32.2. The van der Waals surface area contributed by atoms with Crippen molar-refractivity contribution in [3.05, 3.63) is 0 Å². The molecule has 104 valence electrons. The molecular weight excluding hydrogens is 236 g/mol. The smallest absolute Gasteiger partial charge is 0.148 e. The van der Waals surface area contributed by atoms with Gasteiger partial charge in [-0.15, -0.1) is 0 Å². The topological polar surface area (TPSA) is 63.4 Å². The summed E-state index contributed by atoms with van der Waals surface area (Å²) < 4.78 is 22.0. The Morgan fingerprint density at radius 3 is 2.35 bits per heavy atom. The molecule has 0 spiro atoms. The zero-order chi connectivity index (χ0) is 13.3. The van der Waals surface area contributed by atoms with Gasteiger partial charge < -0.3 is 10.6 Å². The summed E-state index contributed by atoms with van der Waals surface area (Å²) in [6.07, 6.45) is 5.89. The molecule has 0 saturated carbocycles. The van der Waals surface area contributed by atoms with Gasteiger partial charge in [0.1, 0.15) is 9.84 Å². The Labute approximate surface area is 106 Å². The van der Waals surface area contributed by atoms with Gasteiger partial charge in [0.05, 0.1) is 5.75 Å². The van der Waals surface area contributed by atoms with Crippen molar-refractivity contribution < 1.29 is 8.42 Å². The van der Waals surface area contributed by atoms with Crippen molar-refractivity contribution in [2.75, 3.05) is 38.7 Å². The van der Waals surface area contributed by atoms with E-state index in [9.17, 15) is 8.42 Å². The lowest BCUT2D eigenvalue weighted by molar-refractivity contribution is 0.320. The van der Waals surface area contributed by atoms with Crippen molar-refractivity contribution in [3.8, 4) is 0 Å². The van der Waals surface area contributed by atoms with Gasteiger partial charge >= 0.3 is 0 Å². The molecule has 0 aliphatic carbocycles. The van der Waals surface area contributed by atoms with Crippen molar-refractivity contribution in [2.24, 2.45) is 11.7 Å². The predicted molar refractivity (Wildman–Crippen MR) is 73.9 cm³/mol. The lowest BCUT2D eigenvalue weighted by atomic mass is 9.97. The maximum Gasteiger partial charge on any atom is 0.148 e. The van der Waals surface area contributed by atoms with Crippen LogP contribution in [0.5, 0.6) is 0 Å². The fraction of sp³-hybridized carbons (Fsp3) is 1.00. The highest BCUT2D eigenvalue weighted by Crippen LogP contribution is 2.14. The van der Waals surface area contributed by atoms with E-state index in [0.717, 1.165) is 31.8 Å². The van der Waals surface area contributed by atoms with Crippen LogP contribution in [0.1, 0.15) is 32.6 Å². The van der Waals surface area contributed by atoms with Crippen molar-refractivity contribution in [1.29, 1.82) is 0 Å². The zero-order valence-electron chi connectivity index (χ0n) is 11.5. The van der Waals surface area contributed by atoms with E-state index in [4.69, 9.17) is 5.73 Å². The van der Waals surface area contributed by atoms with Gasteiger partial charge in [-0.25, -0.2) is 8.42 Å². The third-order valence-corrected chi connectivity index (χ3v) is 4.07. The van der Waals surface area contributed by atoms with Crippen molar-refractivity contribution >= 4 is 9.84 Å². The molecule has 4 nitrogen and oxygen atoms in total. The Bertz CT molecular complexity index is 278. The molecule has 0 aromatic carbocycles. The van der Waals surface area contributed by atoms with Gasteiger partial charge in [-0.05, 0) is 45.3 Å². The van der Waals surface area contributed by atoms with Crippen LogP contribution in [-0.4, -0.2) is 52.0 Å². The summed E-state index contributed by atoms with van der Waals surface area (Å²) in [5.74, 6) is 0.979. The summed E-state index contributed by atoms with van der Waals surface area (Å²) in [6.45, 7) is 4.57. The molecule has 0 heterocycles. The van der Waals surface area contributed by atoms with Gasteiger partial charge in [0.2, 0.25) is 0 Å². The van der Waals surface area contributed by atoms with Crippen LogP contribution in [0.15, 0.2) is 0 Å². The van der Waals surface area contributed by atoms with Gasteiger partial charge in [-0.2, -0.15) is 0 Å². The first kappa shape index (κ1) is 16.9. The average molecular weight is 264 g/mol. The standard InChI is InChI=1S/C12H28N2O2S/c1-4-12(7-8-13)6-5-9-14(2)10-11-17(3,15)16/h12H,4-11,13H2,1-3H3. The summed E-state index contributed by atoms with van der Waals surface area (Å²) in [6, 6.07) is 0. The molecule has 0 aromatic rings. The Morgan fingerprint density at radius 2 is 1.88 bits per heavy atom. The molecule has 5 heteroatoms. The van der Waals surface area contributed by atoms with Crippen LogP contribution in [0.2, 0.25) is 0 Å². The minimum atomic E-state index is -2.83. The Hall–Kier alpha value is -0.130. The zero-order valence-corrected chi connectivity index (χ0v) is 12.3. The second-order valence-corrected chi connectivity index (χ2v) is 7.19. The van der Waals surface area contributed by atoms with Gasteiger partial charge in [0.25, 0.3) is 0 Å². The molecular formula is C12H28N2O2S. The molecule has 0 radical (unpaired) electrons. The predicted octanol–water partition coefficient (Wildman–Crippen LogP) is 1.12. The maximum absolute atomic E-state index is 11.0. The van der Waals surface area contributed by atoms with Crippen LogP contribution in [0.4, 0.5) is 0 Å². The highest BCUT2D eigenvalue weighted by molar-refractivity contribution is 7.90. The van der Waals surface area contributed by atoms with E-state index in [1.807, 2.05) is 7.05 Å². The summed E-state index contributed by atoms with van der Waals surface area (Å²) in [7, 11) is -0.851. The summed E-state index contributed by atoms with van der Waals surface area (Å²) >= 11 is 0. The fourth-order valence-electron chi connectivity index (χ4n) is 1.87. The van der Waals surface area contributed by atoms with Crippen LogP contribution in [0.3, 0.4) is 0 Å². The Morgan fingerprint density at radius 1 is 1.24 bits per heavy atom. The lowest BCUT2D eigenvalue weighted by Gasteiger charge is -2.18. The first-order chi connectivity index (χ1) is 7.89. The minimum absolute atomic E-state index is 0.253. The van der Waals surface area contributed by atoms with E-state index in [0.29, 0.717) is 6.54 Å². The Balaban J connectivity index is 3.66. The Kier molecular flexibility index (Phi) is 8.82. The van der Waals surface area contributed by atoms with Gasteiger partial charge in [0.15, 0.2) is 0 Å². The SMILES string of the molecule is CCC(CCN)CCCN(C)CCS(C)(=O)=O. The molecule has 1 atom stereocenters. The first-order valence-corrected chi connectivity index (χ1v) is 8.51. The maximum atomic E-state index is 11.0. The monoisotopic (exact) mass is 264 g/mol. The molecule has 0 bridgehead atoms. The molecule has 0 saturated heterocycles. The molecule has 0 aliphatic rings. The largest absolute Gasteiger partial charge is 0.330 e. The highest BCUT2D eigenvalue weighted by Gasteiger charge is 2.08. The van der Waals surface area contributed by atoms with Crippen LogP contribution < -0.4 is 5.73 Å². The molecule has 1 unspecified atom stereocenters. The molecule has 0 rings (SSSR count). The van der Waals surface area contributed by atoms with E-state index < -0.39 is 9.84 Å². The number of sulfone groups is 1. The molecule has 0 aromatic heterocycles. The van der Waals surface area contributed by atoms with E-state index in [1.165, 1.54) is 19.1 Å². The molecule has 0 aliphatic heterocycles. The molecule has 0 fully saturated rings. The number of hydrogen-bond donors (Lipinski definition) is 1. The lowest BCUT2D eigenvalue weighted by Crippen LogP contribution is -2.26. The quantitative estimate of drug-likeness (QED) is 0.642. The number of rotatable bonds is 10. The van der Waals surface area contributed by atoms with Crippen molar-refractivity contribution in [1.82, 2.24) is 4.90 Å². The van der Waals surface area contributed by atoms with Crippen LogP contribution >= 0.6 is 0 Å². The van der Waals surface area contributed by atoms with Crippen LogP contribution in [0.25, 0.3) is 0 Å². The number of hydrogen-bond acceptors (Lipinski definition) is 4. The first-order valence-electron chi connectivity index (χ1n) is 6.45. The number of nitrogens with zero attached hydrogens (tertiary/aromatic N) is 1. The van der Waals surface area contributed by atoms with E-state index in [-0.39, 0.29) is 5.75 Å². The van der Waals surface area contributed by atoms with Crippen molar-refractivity contribution in [2.45, 2.75) is 32.6 Å². The second kappa shape index (κ2) is 8.89. The summed E-state index contributed by atoms with van der Waals surface area (Å²) in [5, 5.41) is 0. The fourth-order valence-corrected chi connectivity index (χ4v) is 2.51. The van der Waals surface area contributed by atoms with Crippen LogP contribution in [0, 0.1) is 5.92 Å². The molecule has 17 heavy (non-hydrogen) atoms. The van der Waals surface area contributed by atoms with E-state index >= 15 is 0 Å². The summed E-state index contributed by atoms with van der Waals surface area (Å²) in [4.78, 5) is 2.09. The minimum Gasteiger partial charge on any atom is -0.330 e. The van der Waals surface area contributed by atoms with Crippen LogP contribution in [-0.2, 0) is 9.84 Å². The third-order valence-electron chi connectivity index (χ3n) is 3.15. The molecule has 2 N–H and O–H groups in total. The van der Waals surface area contributed by atoms with Gasteiger partial charge in [-0.3, -0.25) is 0 Å². The summed E-state index contributed by atoms with van der Waals surface area (Å²) in [5.41, 5.74) is 5.55. The third kappa shape index (κ3) is 10.7. The van der Waals surface area contributed by atoms with E-state index in [2.05, 4.69) is 11.8 Å². The van der Waals surface area contributed by atoms with Gasteiger partial charge in [-0.1, -0.05) is 13.3 Å². The molecule has 0 amide bonds. The van der Waals surface area contributed by atoms with Gasteiger partial charge in [0, 0.05) is 12.8 Å². The number of nitrogens with two attached hydrogens (primary N) is 1.